The number of benzene rings is 1. The van der Waals surface area contributed by atoms with E-state index in [-0.39, 0.29) is 0 Å². The Bertz CT molecular complexity index is 787. The molecule has 0 spiro atoms. The largest absolute Gasteiger partial charge is 0.370 e. The molecule has 2 heterocycles. The zero-order chi connectivity index (χ0) is 15.9. The van der Waals surface area contributed by atoms with E-state index in [4.69, 9.17) is 0 Å². The summed E-state index contributed by atoms with van der Waals surface area (Å²) in [5.74, 6) is -6.21. The van der Waals surface area contributed by atoms with Crippen LogP contribution in [-0.4, -0.2) is 15.0 Å². The fourth-order valence-electron chi connectivity index (χ4n) is 2.08. The van der Waals surface area contributed by atoms with Crippen molar-refractivity contribution in [2.45, 2.75) is 13.0 Å². The second kappa shape index (κ2) is 5.28. The number of hydrogen-bond acceptors (Lipinski definition) is 3. The third-order valence-corrected chi connectivity index (χ3v) is 3.18. The summed E-state index contributed by atoms with van der Waals surface area (Å²) in [5.41, 5.74) is 0.483. The van der Waals surface area contributed by atoms with E-state index < -0.39 is 35.3 Å². The Labute approximate surface area is 122 Å². The predicted molar refractivity (Wildman–Crippen MR) is 72.2 cm³/mol. The first-order valence-electron chi connectivity index (χ1n) is 6.38. The molecule has 114 valence electrons. The van der Waals surface area contributed by atoms with Crippen molar-refractivity contribution in [3.63, 3.8) is 0 Å². The SMILES string of the molecule is CC(Nc1c(F)c(F)nc(F)c1F)c1nc2ccccc2[nH]1. The number of halogens is 4. The van der Waals surface area contributed by atoms with Crippen LogP contribution in [0.25, 0.3) is 11.0 Å². The highest BCUT2D eigenvalue weighted by Gasteiger charge is 2.23. The van der Waals surface area contributed by atoms with Gasteiger partial charge in [-0.25, -0.2) is 4.98 Å². The molecule has 1 unspecified atom stereocenters. The maximum atomic E-state index is 13.6. The molecule has 0 saturated heterocycles. The predicted octanol–water partition coefficient (Wildman–Crippen LogP) is 3.69. The van der Waals surface area contributed by atoms with Crippen molar-refractivity contribution in [1.82, 2.24) is 15.0 Å². The number of hydrogen-bond donors (Lipinski definition) is 2. The molecule has 0 bridgehead atoms. The molecule has 1 atom stereocenters. The van der Waals surface area contributed by atoms with Crippen molar-refractivity contribution in [3.8, 4) is 0 Å². The van der Waals surface area contributed by atoms with Gasteiger partial charge in [0, 0.05) is 0 Å². The van der Waals surface area contributed by atoms with Crippen LogP contribution in [0, 0.1) is 23.5 Å². The zero-order valence-electron chi connectivity index (χ0n) is 11.3. The third-order valence-electron chi connectivity index (χ3n) is 3.18. The van der Waals surface area contributed by atoms with Crippen LogP contribution >= 0.6 is 0 Å². The van der Waals surface area contributed by atoms with Crippen molar-refractivity contribution >= 4 is 16.7 Å². The van der Waals surface area contributed by atoms with E-state index in [2.05, 4.69) is 20.3 Å². The number of imidazole rings is 1. The smallest absolute Gasteiger partial charge is 0.253 e. The molecule has 3 rings (SSSR count). The number of rotatable bonds is 3. The number of pyridine rings is 1. The molecule has 4 nitrogen and oxygen atoms in total. The molecule has 0 aliphatic heterocycles. The first-order chi connectivity index (χ1) is 10.5. The molecule has 0 fully saturated rings. The number of fused-ring (bicyclic) bond motifs is 1. The summed E-state index contributed by atoms with van der Waals surface area (Å²) < 4.78 is 53.3. The molecule has 2 N–H and O–H groups in total. The Hall–Kier alpha value is -2.64. The van der Waals surface area contributed by atoms with Crippen LogP contribution in [0.5, 0.6) is 0 Å². The minimum atomic E-state index is -1.71. The molecule has 8 heteroatoms. The molecule has 0 aliphatic rings. The maximum Gasteiger partial charge on any atom is 0.253 e. The van der Waals surface area contributed by atoms with Gasteiger partial charge in [-0.2, -0.15) is 22.5 Å². The average molecular weight is 310 g/mol. The molecule has 0 amide bonds. The molecule has 0 saturated carbocycles. The molecule has 3 aromatic rings. The normalized spacial score (nSPS) is 12.6. The summed E-state index contributed by atoms with van der Waals surface area (Å²) in [6, 6.07) is 6.42. The van der Waals surface area contributed by atoms with Crippen LogP contribution < -0.4 is 5.32 Å². The summed E-state index contributed by atoms with van der Waals surface area (Å²) in [6.45, 7) is 1.55. The van der Waals surface area contributed by atoms with Crippen LogP contribution in [-0.2, 0) is 0 Å². The number of H-pyrrole nitrogens is 1. The Morgan fingerprint density at radius 3 is 2.27 bits per heavy atom. The summed E-state index contributed by atoms with van der Waals surface area (Å²) in [6.07, 6.45) is 0. The van der Waals surface area contributed by atoms with E-state index in [1.54, 1.807) is 31.2 Å². The highest BCUT2D eigenvalue weighted by Crippen LogP contribution is 2.26. The number of nitrogens with zero attached hydrogens (tertiary/aromatic N) is 2. The van der Waals surface area contributed by atoms with Crippen LogP contribution in [0.4, 0.5) is 23.2 Å². The summed E-state index contributed by atoms with van der Waals surface area (Å²) in [4.78, 5) is 9.71. The molecule has 1 aromatic carbocycles. The lowest BCUT2D eigenvalue weighted by Crippen LogP contribution is -2.14. The van der Waals surface area contributed by atoms with Gasteiger partial charge in [0.2, 0.25) is 11.6 Å². The third kappa shape index (κ3) is 2.36. The Morgan fingerprint density at radius 1 is 1.00 bits per heavy atom. The van der Waals surface area contributed by atoms with Gasteiger partial charge in [-0.05, 0) is 19.1 Å². The van der Waals surface area contributed by atoms with Crippen molar-refractivity contribution in [1.29, 1.82) is 0 Å². The number of anilines is 1. The fraction of sp³-hybridized carbons (Fsp3) is 0.143. The van der Waals surface area contributed by atoms with E-state index in [9.17, 15) is 17.6 Å². The second-order valence-corrected chi connectivity index (χ2v) is 4.70. The van der Waals surface area contributed by atoms with Gasteiger partial charge < -0.3 is 10.3 Å². The van der Waals surface area contributed by atoms with Crippen LogP contribution in [0.2, 0.25) is 0 Å². The van der Waals surface area contributed by atoms with Crippen LogP contribution in [0.3, 0.4) is 0 Å². The Kier molecular flexibility index (Phi) is 3.44. The summed E-state index contributed by atoms with van der Waals surface area (Å²) in [5, 5.41) is 2.37. The van der Waals surface area contributed by atoms with Crippen LogP contribution in [0.15, 0.2) is 24.3 Å². The van der Waals surface area contributed by atoms with Gasteiger partial charge in [0.15, 0.2) is 0 Å². The Morgan fingerprint density at radius 2 is 1.64 bits per heavy atom. The van der Waals surface area contributed by atoms with Crippen molar-refractivity contribution in [2.75, 3.05) is 5.32 Å². The van der Waals surface area contributed by atoms with Gasteiger partial charge in [-0.3, -0.25) is 0 Å². The molecular formula is C14H10F4N4. The van der Waals surface area contributed by atoms with Gasteiger partial charge >= 0.3 is 0 Å². The maximum absolute atomic E-state index is 13.6. The molecular weight excluding hydrogens is 300 g/mol. The zero-order valence-corrected chi connectivity index (χ0v) is 11.3. The monoisotopic (exact) mass is 310 g/mol. The van der Waals surface area contributed by atoms with Crippen molar-refractivity contribution in [3.05, 3.63) is 53.6 Å². The second-order valence-electron chi connectivity index (χ2n) is 4.70. The van der Waals surface area contributed by atoms with Gasteiger partial charge in [-0.15, -0.1) is 0 Å². The van der Waals surface area contributed by atoms with E-state index in [1.807, 2.05) is 0 Å². The molecule has 0 aliphatic carbocycles. The average Bonchev–Trinajstić information content (AvgIpc) is 2.93. The van der Waals surface area contributed by atoms with Crippen molar-refractivity contribution in [2.24, 2.45) is 0 Å². The first kappa shape index (κ1) is 14.3. The highest BCUT2D eigenvalue weighted by molar-refractivity contribution is 5.74. The van der Waals surface area contributed by atoms with Gasteiger partial charge in [0.25, 0.3) is 11.9 Å². The summed E-state index contributed by atoms with van der Waals surface area (Å²) >= 11 is 0. The lowest BCUT2D eigenvalue weighted by molar-refractivity contribution is 0.409. The summed E-state index contributed by atoms with van der Waals surface area (Å²) in [7, 11) is 0. The van der Waals surface area contributed by atoms with Gasteiger partial charge in [0.1, 0.15) is 11.5 Å². The van der Waals surface area contributed by atoms with E-state index in [0.717, 1.165) is 5.52 Å². The highest BCUT2D eigenvalue weighted by atomic mass is 19.2. The first-order valence-corrected chi connectivity index (χ1v) is 6.38. The van der Waals surface area contributed by atoms with E-state index >= 15 is 0 Å². The van der Waals surface area contributed by atoms with E-state index in [1.165, 1.54) is 0 Å². The molecule has 22 heavy (non-hydrogen) atoms. The minimum Gasteiger partial charge on any atom is -0.370 e. The minimum absolute atomic E-state index is 0.373. The molecule has 2 aromatic heterocycles. The number of nitrogens with one attached hydrogen (secondary N) is 2. The number of aromatic nitrogens is 3. The standard InChI is InChI=1S/C14H10F4N4/c1-6(14-20-7-4-2-3-5-8(7)21-14)19-11-9(15)12(17)22-13(18)10(11)16/h2-6H,1H3,(H,19,22)(H,20,21). The van der Waals surface area contributed by atoms with E-state index in [0.29, 0.717) is 11.3 Å². The van der Waals surface area contributed by atoms with Gasteiger partial charge in [-0.1, -0.05) is 12.1 Å². The number of aromatic amines is 1. The van der Waals surface area contributed by atoms with Gasteiger partial charge in [0.05, 0.1) is 17.1 Å². The number of para-hydroxylation sites is 2. The lowest BCUT2D eigenvalue weighted by Gasteiger charge is -2.14. The quantitative estimate of drug-likeness (QED) is 0.573. The lowest BCUT2D eigenvalue weighted by atomic mass is 10.2. The van der Waals surface area contributed by atoms with Crippen molar-refractivity contribution < 1.29 is 17.6 Å². The molecule has 0 radical (unpaired) electrons. The van der Waals surface area contributed by atoms with Crippen LogP contribution in [0.1, 0.15) is 18.8 Å². The fourth-order valence-corrected chi connectivity index (χ4v) is 2.08. The topological polar surface area (TPSA) is 53.6 Å². The Balaban J connectivity index is 1.96.